The van der Waals surface area contributed by atoms with Crippen LogP contribution in [0.15, 0.2) is 24.3 Å². The molecule has 1 fully saturated rings. The molecule has 0 bridgehead atoms. The van der Waals surface area contributed by atoms with E-state index < -0.39 is 0 Å². The van der Waals surface area contributed by atoms with E-state index in [0.717, 1.165) is 26.3 Å². The lowest BCUT2D eigenvalue weighted by Gasteiger charge is -2.22. The first-order valence-corrected chi connectivity index (χ1v) is 11.8. The molecule has 0 aromatic heterocycles. The van der Waals surface area contributed by atoms with E-state index in [9.17, 15) is 0 Å². The zero-order chi connectivity index (χ0) is 22.3. The molecule has 2 aliphatic heterocycles. The summed E-state index contributed by atoms with van der Waals surface area (Å²) in [7, 11) is 0. The summed E-state index contributed by atoms with van der Waals surface area (Å²) in [5.74, 6) is 0. The predicted octanol–water partition coefficient (Wildman–Crippen LogP) is 4.69. The van der Waals surface area contributed by atoms with Crippen molar-refractivity contribution in [3.05, 3.63) is 57.6 Å². The maximum Gasteiger partial charge on any atom is 0.245 e. The van der Waals surface area contributed by atoms with Crippen LogP contribution in [-0.4, -0.2) is 66.1 Å². The molecule has 1 saturated heterocycles. The fourth-order valence-corrected chi connectivity index (χ4v) is 5.76. The van der Waals surface area contributed by atoms with Gasteiger partial charge in [0.15, 0.2) is 6.04 Å². The molecule has 0 spiro atoms. The van der Waals surface area contributed by atoms with Crippen LogP contribution in [0.2, 0.25) is 0 Å². The van der Waals surface area contributed by atoms with Crippen molar-refractivity contribution in [2.75, 3.05) is 44.3 Å². The standard InChI is InChI=1S/C27H39N4/c1-8-28-9-10-29(17-28)15-25-16-30(26-21(4)11-19(2)12-22(26)5)18-31(25)27-23(6)13-20(3)14-24(27)7/h11-14,18,25H,8-10,15-17H2,1-7H3/q+1. The largest absolute Gasteiger partial charge is 0.289 e. The zero-order valence-electron chi connectivity index (χ0n) is 20.5. The van der Waals surface area contributed by atoms with Crippen molar-refractivity contribution in [2.24, 2.45) is 0 Å². The quantitative estimate of drug-likeness (QED) is 0.653. The summed E-state index contributed by atoms with van der Waals surface area (Å²) in [5.41, 5.74) is 10.9. The smallest absolute Gasteiger partial charge is 0.245 e. The summed E-state index contributed by atoms with van der Waals surface area (Å²) in [6, 6.07) is 9.72. The van der Waals surface area contributed by atoms with Crippen molar-refractivity contribution in [3.63, 3.8) is 0 Å². The van der Waals surface area contributed by atoms with Gasteiger partial charge >= 0.3 is 0 Å². The van der Waals surface area contributed by atoms with E-state index in [2.05, 4.69) is 98.3 Å². The van der Waals surface area contributed by atoms with Crippen LogP contribution in [0, 0.1) is 41.5 Å². The molecular weight excluding hydrogens is 380 g/mol. The summed E-state index contributed by atoms with van der Waals surface area (Å²) in [4.78, 5) is 7.67. The molecule has 0 radical (unpaired) electrons. The van der Waals surface area contributed by atoms with Crippen molar-refractivity contribution < 1.29 is 4.58 Å². The number of nitrogens with zero attached hydrogens (tertiary/aromatic N) is 4. The minimum absolute atomic E-state index is 0.442. The fraction of sp³-hybridized carbons (Fsp3) is 0.519. The summed E-state index contributed by atoms with van der Waals surface area (Å²) < 4.78 is 2.57. The van der Waals surface area contributed by atoms with Crippen molar-refractivity contribution >= 4 is 17.7 Å². The molecule has 1 atom stereocenters. The van der Waals surface area contributed by atoms with Gasteiger partial charge < -0.3 is 0 Å². The molecule has 4 rings (SSSR count). The summed E-state index contributed by atoms with van der Waals surface area (Å²) in [6.45, 7) is 22.4. The summed E-state index contributed by atoms with van der Waals surface area (Å²) in [5, 5.41) is 0. The highest BCUT2D eigenvalue weighted by Gasteiger charge is 2.37. The lowest BCUT2D eigenvalue weighted by molar-refractivity contribution is -0.470. The van der Waals surface area contributed by atoms with Gasteiger partial charge in [0.25, 0.3) is 0 Å². The third-order valence-electron chi connectivity index (χ3n) is 6.93. The van der Waals surface area contributed by atoms with Crippen LogP contribution in [0.1, 0.15) is 40.3 Å². The number of hydrogen-bond acceptors (Lipinski definition) is 3. The van der Waals surface area contributed by atoms with Gasteiger partial charge in [-0.2, -0.15) is 0 Å². The number of anilines is 1. The fourth-order valence-electron chi connectivity index (χ4n) is 5.76. The third kappa shape index (κ3) is 4.42. The van der Waals surface area contributed by atoms with Crippen LogP contribution in [-0.2, 0) is 0 Å². The Hall–Kier alpha value is -2.17. The SMILES string of the molecule is CCN1CCN(CC2CN(c3c(C)cc(C)cc3C)C=[N+]2c2c(C)cc(C)cc2C)C1. The molecule has 0 N–H and O–H groups in total. The number of benzene rings is 2. The molecule has 0 aliphatic carbocycles. The lowest BCUT2D eigenvalue weighted by atomic mass is 10.0. The molecule has 2 aliphatic rings. The second kappa shape index (κ2) is 8.76. The van der Waals surface area contributed by atoms with Gasteiger partial charge in [-0.15, -0.1) is 0 Å². The average Bonchev–Trinajstić information content (AvgIpc) is 3.28. The van der Waals surface area contributed by atoms with Crippen LogP contribution in [0.3, 0.4) is 0 Å². The summed E-state index contributed by atoms with van der Waals surface area (Å²) in [6.07, 6.45) is 2.38. The van der Waals surface area contributed by atoms with Gasteiger partial charge in [-0.25, -0.2) is 9.48 Å². The highest BCUT2D eigenvalue weighted by atomic mass is 15.4. The van der Waals surface area contributed by atoms with Crippen LogP contribution < -0.4 is 4.90 Å². The van der Waals surface area contributed by atoms with E-state index >= 15 is 0 Å². The molecule has 2 aromatic carbocycles. The zero-order valence-corrected chi connectivity index (χ0v) is 20.5. The van der Waals surface area contributed by atoms with Gasteiger partial charge in [0.05, 0.1) is 6.67 Å². The van der Waals surface area contributed by atoms with Gasteiger partial charge in [0.1, 0.15) is 17.9 Å². The van der Waals surface area contributed by atoms with Gasteiger partial charge in [-0.05, 0) is 70.3 Å². The van der Waals surface area contributed by atoms with Gasteiger partial charge in [-0.1, -0.05) is 42.3 Å². The maximum absolute atomic E-state index is 2.63. The molecular formula is C27H39N4+. The van der Waals surface area contributed by atoms with Crippen LogP contribution in [0.5, 0.6) is 0 Å². The second-order valence-electron chi connectivity index (χ2n) is 9.75. The first-order chi connectivity index (χ1) is 14.8. The highest BCUT2D eigenvalue weighted by Crippen LogP contribution is 2.33. The summed E-state index contributed by atoms with van der Waals surface area (Å²) >= 11 is 0. The Kier molecular flexibility index (Phi) is 6.23. The minimum atomic E-state index is 0.442. The normalized spacial score (nSPS) is 20.0. The third-order valence-corrected chi connectivity index (χ3v) is 6.93. The molecule has 166 valence electrons. The first-order valence-electron chi connectivity index (χ1n) is 11.8. The van der Waals surface area contributed by atoms with Crippen molar-refractivity contribution in [1.29, 1.82) is 0 Å². The van der Waals surface area contributed by atoms with Crippen LogP contribution in [0.4, 0.5) is 11.4 Å². The van der Waals surface area contributed by atoms with Gasteiger partial charge in [0, 0.05) is 19.6 Å². The Morgan fingerprint density at radius 3 is 1.90 bits per heavy atom. The highest BCUT2D eigenvalue weighted by molar-refractivity contribution is 5.82. The van der Waals surface area contributed by atoms with Crippen LogP contribution in [0.25, 0.3) is 0 Å². The predicted molar refractivity (Wildman–Crippen MR) is 132 cm³/mol. The monoisotopic (exact) mass is 419 g/mol. The number of likely N-dealkylation sites (N-methyl/N-ethyl adjacent to an activating group) is 1. The van der Waals surface area contributed by atoms with Crippen molar-refractivity contribution in [3.8, 4) is 0 Å². The molecule has 4 nitrogen and oxygen atoms in total. The second-order valence-corrected chi connectivity index (χ2v) is 9.75. The molecule has 2 aromatic rings. The first kappa shape index (κ1) is 22.0. The Balaban J connectivity index is 1.72. The molecule has 31 heavy (non-hydrogen) atoms. The molecule has 0 amide bonds. The van der Waals surface area contributed by atoms with E-state index in [4.69, 9.17) is 0 Å². The molecule has 1 unspecified atom stereocenters. The Bertz CT molecular complexity index is 960. The number of rotatable bonds is 5. The van der Waals surface area contributed by atoms with Crippen molar-refractivity contribution in [2.45, 2.75) is 54.5 Å². The van der Waals surface area contributed by atoms with Crippen molar-refractivity contribution in [1.82, 2.24) is 9.80 Å². The van der Waals surface area contributed by atoms with Gasteiger partial charge in [-0.3, -0.25) is 9.80 Å². The minimum Gasteiger partial charge on any atom is -0.289 e. The van der Waals surface area contributed by atoms with E-state index in [0.29, 0.717) is 6.04 Å². The van der Waals surface area contributed by atoms with Gasteiger partial charge in [0.2, 0.25) is 6.34 Å². The lowest BCUT2D eigenvalue weighted by Crippen LogP contribution is -2.39. The molecule has 2 heterocycles. The Morgan fingerprint density at radius 2 is 1.35 bits per heavy atom. The Labute approximate surface area is 188 Å². The number of aryl methyl sites for hydroxylation is 6. The maximum atomic E-state index is 2.63. The van der Waals surface area contributed by atoms with E-state index in [-0.39, 0.29) is 0 Å². The number of hydrogen-bond donors (Lipinski definition) is 0. The Morgan fingerprint density at radius 1 is 0.806 bits per heavy atom. The van der Waals surface area contributed by atoms with E-state index in [1.165, 1.54) is 57.8 Å². The molecule has 4 heteroatoms. The van der Waals surface area contributed by atoms with E-state index in [1.54, 1.807) is 0 Å². The topological polar surface area (TPSA) is 12.7 Å². The average molecular weight is 420 g/mol. The molecule has 0 saturated carbocycles. The van der Waals surface area contributed by atoms with Crippen LogP contribution >= 0.6 is 0 Å². The van der Waals surface area contributed by atoms with E-state index in [1.807, 2.05) is 0 Å².